The number of allylic oxidation sites excluding steroid dienone is 1. The fourth-order valence-corrected chi connectivity index (χ4v) is 3.48. The number of ether oxygens (including phenoxy) is 2. The second-order valence-corrected chi connectivity index (χ2v) is 5.04. The van der Waals surface area contributed by atoms with Gasteiger partial charge in [0, 0.05) is 24.3 Å². The van der Waals surface area contributed by atoms with E-state index < -0.39 is 5.60 Å². The third-order valence-corrected chi connectivity index (χ3v) is 4.20. The van der Waals surface area contributed by atoms with Gasteiger partial charge in [0.1, 0.15) is 5.76 Å². The molecule has 0 aromatic carbocycles. The largest absolute Gasteiger partial charge is 0.479 e. The smallest absolute Gasteiger partial charge is 0.350 e. The molecule has 0 radical (unpaired) electrons. The van der Waals surface area contributed by atoms with Gasteiger partial charge in [-0.25, -0.2) is 4.79 Å². The van der Waals surface area contributed by atoms with E-state index in [1.165, 1.54) is 7.11 Å². The van der Waals surface area contributed by atoms with Gasteiger partial charge in [0.05, 0.1) is 7.11 Å². The number of carbonyl (C=O) groups is 2. The lowest BCUT2D eigenvalue weighted by Crippen LogP contribution is -2.42. The van der Waals surface area contributed by atoms with E-state index in [1.807, 2.05) is 0 Å². The van der Waals surface area contributed by atoms with Gasteiger partial charge in [-0.15, -0.1) is 0 Å². The summed E-state index contributed by atoms with van der Waals surface area (Å²) in [6, 6.07) is 0. The number of methoxy groups -OCH3 is 1. The molecule has 4 heteroatoms. The van der Waals surface area contributed by atoms with E-state index >= 15 is 0 Å². The summed E-state index contributed by atoms with van der Waals surface area (Å²) in [7, 11) is 1.38. The molecule has 0 amide bonds. The summed E-state index contributed by atoms with van der Waals surface area (Å²) in [5.41, 5.74) is -0.0847. The zero-order valence-electron chi connectivity index (χ0n) is 9.95. The van der Waals surface area contributed by atoms with Crippen LogP contribution in [0.2, 0.25) is 0 Å². The molecule has 0 spiro atoms. The second-order valence-electron chi connectivity index (χ2n) is 5.04. The van der Waals surface area contributed by atoms with Crippen molar-refractivity contribution in [2.75, 3.05) is 7.11 Å². The molecule has 1 aliphatic heterocycles. The number of rotatable bonds is 1. The van der Waals surface area contributed by atoms with Crippen molar-refractivity contribution in [2.24, 2.45) is 5.92 Å². The molecule has 3 rings (SSSR count). The molecule has 4 nitrogen and oxygen atoms in total. The maximum Gasteiger partial charge on any atom is 0.350 e. The molecule has 2 aliphatic carbocycles. The summed E-state index contributed by atoms with van der Waals surface area (Å²) < 4.78 is 10.8. The molecule has 0 bridgehead atoms. The zero-order valence-corrected chi connectivity index (χ0v) is 9.95. The quantitative estimate of drug-likeness (QED) is 0.651. The van der Waals surface area contributed by atoms with Crippen LogP contribution >= 0.6 is 0 Å². The van der Waals surface area contributed by atoms with Gasteiger partial charge in [0.15, 0.2) is 5.78 Å². The highest BCUT2D eigenvalue weighted by Gasteiger charge is 2.60. The molecule has 0 unspecified atom stereocenters. The van der Waals surface area contributed by atoms with Crippen LogP contribution < -0.4 is 0 Å². The van der Waals surface area contributed by atoms with Gasteiger partial charge < -0.3 is 9.47 Å². The normalized spacial score (nSPS) is 35.4. The number of fused-ring (bicyclic) bond motifs is 2. The van der Waals surface area contributed by atoms with Crippen LogP contribution in [-0.2, 0) is 19.1 Å². The Morgan fingerprint density at radius 3 is 3.00 bits per heavy atom. The van der Waals surface area contributed by atoms with Crippen LogP contribution in [0.4, 0.5) is 0 Å². The fourth-order valence-electron chi connectivity index (χ4n) is 3.48. The van der Waals surface area contributed by atoms with Crippen molar-refractivity contribution < 1.29 is 19.1 Å². The molecular weight excluding hydrogens is 220 g/mol. The van der Waals surface area contributed by atoms with Crippen LogP contribution in [0.15, 0.2) is 11.3 Å². The number of hydrogen-bond donors (Lipinski definition) is 0. The number of hydrogen-bond acceptors (Lipinski definition) is 4. The first-order valence-corrected chi connectivity index (χ1v) is 6.23. The van der Waals surface area contributed by atoms with Crippen molar-refractivity contribution in [2.45, 2.75) is 44.1 Å². The lowest BCUT2D eigenvalue weighted by Gasteiger charge is -2.26. The van der Waals surface area contributed by atoms with Gasteiger partial charge in [-0.3, -0.25) is 4.79 Å². The summed E-state index contributed by atoms with van der Waals surface area (Å²) >= 11 is 0. The topological polar surface area (TPSA) is 52.6 Å². The predicted octanol–water partition coefficient (Wildman–Crippen LogP) is 1.74. The van der Waals surface area contributed by atoms with Crippen LogP contribution in [-0.4, -0.2) is 24.5 Å². The third-order valence-electron chi connectivity index (χ3n) is 4.20. The molecule has 1 fully saturated rings. The van der Waals surface area contributed by atoms with Gasteiger partial charge in [0.25, 0.3) is 0 Å². The van der Waals surface area contributed by atoms with E-state index in [2.05, 4.69) is 0 Å². The average Bonchev–Trinajstić information content (AvgIpc) is 2.84. The Bertz CT molecular complexity index is 423. The van der Waals surface area contributed by atoms with Crippen molar-refractivity contribution in [3.05, 3.63) is 11.3 Å². The summed E-state index contributed by atoms with van der Waals surface area (Å²) in [4.78, 5) is 24.0. The monoisotopic (exact) mass is 236 g/mol. The maximum atomic E-state index is 12.0. The summed E-state index contributed by atoms with van der Waals surface area (Å²) in [5, 5.41) is 0. The molecule has 2 atom stereocenters. The number of ketones is 1. The highest BCUT2D eigenvalue weighted by Crippen LogP contribution is 2.53. The molecule has 0 aromatic heterocycles. The zero-order chi connectivity index (χ0) is 12.0. The van der Waals surface area contributed by atoms with Crippen LogP contribution in [0.25, 0.3) is 0 Å². The van der Waals surface area contributed by atoms with Gasteiger partial charge in [-0.2, -0.15) is 0 Å². The van der Waals surface area contributed by atoms with E-state index in [1.54, 1.807) is 0 Å². The molecule has 1 saturated carbocycles. The van der Waals surface area contributed by atoms with Gasteiger partial charge in [-0.1, -0.05) is 0 Å². The standard InChI is InChI=1S/C13H16O4/c1-16-12(15)13-7-3-4-8(13)11-9(14)5-2-6-10(11)17-13/h8H,2-7H2,1H3/t8-,13-/m0/s1. The Morgan fingerprint density at radius 1 is 1.41 bits per heavy atom. The fraction of sp³-hybridized carbons (Fsp3) is 0.692. The first-order chi connectivity index (χ1) is 8.19. The first-order valence-electron chi connectivity index (χ1n) is 6.23. The minimum atomic E-state index is -0.876. The van der Waals surface area contributed by atoms with Crippen molar-refractivity contribution >= 4 is 11.8 Å². The van der Waals surface area contributed by atoms with Crippen LogP contribution in [0.5, 0.6) is 0 Å². The Morgan fingerprint density at radius 2 is 2.24 bits per heavy atom. The average molecular weight is 236 g/mol. The first kappa shape index (κ1) is 10.8. The predicted molar refractivity (Wildman–Crippen MR) is 59.1 cm³/mol. The number of esters is 1. The van der Waals surface area contributed by atoms with Crippen LogP contribution in [0.3, 0.4) is 0 Å². The number of Topliss-reactive ketones (excluding diaryl/α,β-unsaturated/α-hetero) is 1. The van der Waals surface area contributed by atoms with E-state index in [9.17, 15) is 9.59 Å². The molecule has 0 saturated heterocycles. The Kier molecular flexibility index (Phi) is 2.28. The van der Waals surface area contributed by atoms with E-state index in [-0.39, 0.29) is 17.7 Å². The second kappa shape index (κ2) is 3.59. The number of carbonyl (C=O) groups excluding carboxylic acids is 2. The molecule has 17 heavy (non-hydrogen) atoms. The van der Waals surface area contributed by atoms with E-state index in [0.717, 1.165) is 37.0 Å². The maximum absolute atomic E-state index is 12.0. The SMILES string of the molecule is COC(=O)[C@]12CCC[C@H]1C1=C(CCCC1=O)O2. The lowest BCUT2D eigenvalue weighted by atomic mass is 9.81. The highest BCUT2D eigenvalue weighted by molar-refractivity contribution is 6.00. The van der Waals surface area contributed by atoms with Gasteiger partial charge in [0.2, 0.25) is 5.60 Å². The Labute approximate surface area is 100.0 Å². The molecule has 0 aromatic rings. The summed E-state index contributed by atoms with van der Waals surface area (Å²) in [5.74, 6) is 0.556. The molecule has 92 valence electrons. The van der Waals surface area contributed by atoms with Crippen LogP contribution in [0, 0.1) is 5.92 Å². The van der Waals surface area contributed by atoms with Crippen LogP contribution in [0.1, 0.15) is 38.5 Å². The van der Waals surface area contributed by atoms with E-state index in [4.69, 9.17) is 9.47 Å². The minimum Gasteiger partial charge on any atom is -0.479 e. The van der Waals surface area contributed by atoms with E-state index in [0.29, 0.717) is 12.8 Å². The van der Waals surface area contributed by atoms with Gasteiger partial charge >= 0.3 is 5.97 Å². The Hall–Kier alpha value is -1.32. The summed E-state index contributed by atoms with van der Waals surface area (Å²) in [6.45, 7) is 0. The minimum absolute atomic E-state index is 0.0576. The van der Waals surface area contributed by atoms with Crippen molar-refractivity contribution in [3.63, 3.8) is 0 Å². The highest BCUT2D eigenvalue weighted by atomic mass is 16.6. The van der Waals surface area contributed by atoms with Crippen molar-refractivity contribution in [3.8, 4) is 0 Å². The molecule has 1 heterocycles. The third kappa shape index (κ3) is 1.30. The summed E-state index contributed by atoms with van der Waals surface area (Å²) in [6.07, 6.45) is 4.67. The van der Waals surface area contributed by atoms with Crippen molar-refractivity contribution in [1.29, 1.82) is 0 Å². The Balaban J connectivity index is 2.01. The molecule has 0 N–H and O–H groups in total. The molecule has 3 aliphatic rings. The lowest BCUT2D eigenvalue weighted by molar-refractivity contribution is -0.164. The molecular formula is C13H16O4. The van der Waals surface area contributed by atoms with Crippen molar-refractivity contribution in [1.82, 2.24) is 0 Å². The van der Waals surface area contributed by atoms with Gasteiger partial charge in [-0.05, 0) is 25.7 Å².